The van der Waals surface area contributed by atoms with Gasteiger partial charge in [0.1, 0.15) is 5.82 Å². The fourth-order valence-electron chi connectivity index (χ4n) is 3.53. The molecule has 3 rings (SSSR count). The smallest absolute Gasteiger partial charge is 0.249 e. The van der Waals surface area contributed by atoms with Gasteiger partial charge in [-0.25, -0.2) is 13.8 Å². The number of halogens is 2. The maximum absolute atomic E-state index is 13.5. The number of rotatable bonds is 2. The highest BCUT2D eigenvalue weighted by molar-refractivity contribution is 5.79. The van der Waals surface area contributed by atoms with Gasteiger partial charge in [-0.05, 0) is 19.3 Å². The van der Waals surface area contributed by atoms with Crippen LogP contribution in [0.25, 0.3) is 0 Å². The summed E-state index contributed by atoms with van der Waals surface area (Å²) in [6, 6.07) is 0. The van der Waals surface area contributed by atoms with Crippen LogP contribution in [0.4, 0.5) is 8.78 Å². The third-order valence-electron chi connectivity index (χ3n) is 4.99. The van der Waals surface area contributed by atoms with E-state index in [0.717, 1.165) is 30.1 Å². The molecule has 4 nitrogen and oxygen atoms in total. The summed E-state index contributed by atoms with van der Waals surface area (Å²) in [4.78, 5) is 22.3. The predicted molar refractivity (Wildman–Crippen MR) is 83.6 cm³/mol. The number of hydrogen-bond acceptors (Lipinski definition) is 2. The highest BCUT2D eigenvalue weighted by atomic mass is 19.3. The highest BCUT2D eigenvalue weighted by Crippen LogP contribution is 2.31. The molecular formula is C17H25F2N3O. The Bertz CT molecular complexity index is 582. The average Bonchev–Trinajstić information content (AvgIpc) is 2.84. The van der Waals surface area contributed by atoms with E-state index in [4.69, 9.17) is 0 Å². The molecule has 1 aliphatic heterocycles. The summed E-state index contributed by atoms with van der Waals surface area (Å²) in [6.45, 7) is 4.81. The molecule has 1 atom stereocenters. The quantitative estimate of drug-likeness (QED) is 0.907. The normalized spacial score (nSPS) is 24.4. The van der Waals surface area contributed by atoms with Crippen LogP contribution in [0.15, 0.2) is 0 Å². The van der Waals surface area contributed by atoms with Crippen molar-refractivity contribution in [1.29, 1.82) is 0 Å². The second-order valence-electron chi connectivity index (χ2n) is 7.18. The van der Waals surface area contributed by atoms with Crippen molar-refractivity contribution in [2.75, 3.05) is 13.1 Å². The first-order chi connectivity index (χ1) is 10.9. The average molecular weight is 325 g/mol. The van der Waals surface area contributed by atoms with Crippen molar-refractivity contribution < 1.29 is 13.6 Å². The van der Waals surface area contributed by atoms with Crippen LogP contribution in [0.1, 0.15) is 62.7 Å². The van der Waals surface area contributed by atoms with Crippen molar-refractivity contribution >= 4 is 5.91 Å². The molecule has 1 saturated heterocycles. The van der Waals surface area contributed by atoms with Crippen molar-refractivity contribution in [2.45, 2.75) is 64.2 Å². The second-order valence-corrected chi connectivity index (χ2v) is 7.18. The van der Waals surface area contributed by atoms with Gasteiger partial charge in [0.15, 0.2) is 0 Å². The number of alkyl halides is 2. The number of nitrogens with zero attached hydrogens (tertiary/aromatic N) is 2. The molecule has 2 heterocycles. The number of imidazole rings is 1. The van der Waals surface area contributed by atoms with Gasteiger partial charge in [-0.15, -0.1) is 0 Å². The molecule has 1 N–H and O–H groups in total. The molecule has 23 heavy (non-hydrogen) atoms. The molecule has 1 aromatic rings. The third kappa shape index (κ3) is 3.56. The number of carbonyl (C=O) groups is 1. The Morgan fingerprint density at radius 2 is 2.13 bits per heavy atom. The first-order valence-electron chi connectivity index (χ1n) is 8.60. The third-order valence-corrected chi connectivity index (χ3v) is 4.99. The number of fused-ring (bicyclic) bond motifs is 1. The number of H-pyrrole nitrogens is 1. The van der Waals surface area contributed by atoms with Crippen molar-refractivity contribution in [3.05, 3.63) is 17.2 Å². The number of aromatic amines is 1. The maximum atomic E-state index is 13.5. The number of hydrogen-bond donors (Lipinski definition) is 1. The Morgan fingerprint density at radius 1 is 1.35 bits per heavy atom. The molecule has 1 unspecified atom stereocenters. The van der Waals surface area contributed by atoms with E-state index in [1.807, 2.05) is 0 Å². The molecule has 0 aromatic carbocycles. The summed E-state index contributed by atoms with van der Waals surface area (Å²) < 4.78 is 26.9. The van der Waals surface area contributed by atoms with Gasteiger partial charge in [0, 0.05) is 49.9 Å². The number of likely N-dealkylation sites (tertiary alicyclic amines) is 1. The fraction of sp³-hybridized carbons (Fsp3) is 0.765. The van der Waals surface area contributed by atoms with E-state index in [0.29, 0.717) is 25.3 Å². The van der Waals surface area contributed by atoms with Gasteiger partial charge in [-0.3, -0.25) is 4.79 Å². The number of carbonyl (C=O) groups excluding carboxylic acids is 1. The molecule has 6 heteroatoms. The zero-order chi connectivity index (χ0) is 16.6. The van der Waals surface area contributed by atoms with E-state index >= 15 is 0 Å². The second kappa shape index (κ2) is 6.21. The van der Waals surface area contributed by atoms with Gasteiger partial charge < -0.3 is 9.88 Å². The van der Waals surface area contributed by atoms with Gasteiger partial charge >= 0.3 is 0 Å². The zero-order valence-electron chi connectivity index (χ0n) is 13.9. The van der Waals surface area contributed by atoms with Crippen molar-refractivity contribution in [3.8, 4) is 0 Å². The lowest BCUT2D eigenvalue weighted by atomic mass is 9.88. The first-order valence-corrected chi connectivity index (χ1v) is 8.60. The molecule has 1 aliphatic carbocycles. The Balaban J connectivity index is 1.67. The van der Waals surface area contributed by atoms with Crippen LogP contribution in [-0.4, -0.2) is 39.8 Å². The van der Waals surface area contributed by atoms with Crippen LogP contribution in [-0.2, 0) is 17.6 Å². The number of nitrogens with one attached hydrogen (secondary N) is 1. The molecule has 0 spiro atoms. The molecule has 2 aliphatic rings. The zero-order valence-corrected chi connectivity index (χ0v) is 13.9. The summed E-state index contributed by atoms with van der Waals surface area (Å²) in [5.41, 5.74) is 2.12. The van der Waals surface area contributed by atoms with E-state index in [9.17, 15) is 13.6 Å². The van der Waals surface area contributed by atoms with Crippen molar-refractivity contribution in [1.82, 2.24) is 14.9 Å². The standard InChI is InChI=1S/C17H25F2N3O/c1-11(2)15-20-13-5-4-12(10-14(13)21-15)16(23)22-8-3-6-17(18,19)7-9-22/h11-12H,3-10H2,1-2H3,(H,20,21). The van der Waals surface area contributed by atoms with Crippen LogP contribution in [0, 0.1) is 5.92 Å². The molecule has 1 fully saturated rings. The summed E-state index contributed by atoms with van der Waals surface area (Å²) in [5, 5.41) is 0. The largest absolute Gasteiger partial charge is 0.345 e. The molecular weight excluding hydrogens is 300 g/mol. The van der Waals surface area contributed by atoms with E-state index in [2.05, 4.69) is 23.8 Å². The lowest BCUT2D eigenvalue weighted by Gasteiger charge is -2.28. The summed E-state index contributed by atoms with van der Waals surface area (Å²) >= 11 is 0. The fourth-order valence-corrected chi connectivity index (χ4v) is 3.53. The van der Waals surface area contributed by atoms with E-state index < -0.39 is 5.92 Å². The summed E-state index contributed by atoms with van der Waals surface area (Å²) in [6.07, 6.45) is 2.28. The minimum atomic E-state index is -2.62. The van der Waals surface area contributed by atoms with E-state index in [1.165, 1.54) is 0 Å². The van der Waals surface area contributed by atoms with Crippen LogP contribution >= 0.6 is 0 Å². The lowest BCUT2D eigenvalue weighted by Crippen LogP contribution is -2.39. The monoisotopic (exact) mass is 325 g/mol. The van der Waals surface area contributed by atoms with Crippen LogP contribution in [0.3, 0.4) is 0 Å². The van der Waals surface area contributed by atoms with Crippen LogP contribution < -0.4 is 0 Å². The van der Waals surface area contributed by atoms with E-state index in [1.54, 1.807) is 4.90 Å². The maximum Gasteiger partial charge on any atom is 0.249 e. The van der Waals surface area contributed by atoms with Gasteiger partial charge in [0.05, 0.1) is 5.69 Å². The lowest BCUT2D eigenvalue weighted by molar-refractivity contribution is -0.136. The van der Waals surface area contributed by atoms with Crippen molar-refractivity contribution in [2.24, 2.45) is 5.92 Å². The summed E-state index contributed by atoms with van der Waals surface area (Å²) in [5.74, 6) is -1.38. The molecule has 0 saturated carbocycles. The number of aryl methyl sites for hydroxylation is 1. The van der Waals surface area contributed by atoms with Gasteiger partial charge in [0.2, 0.25) is 11.8 Å². The predicted octanol–water partition coefficient (Wildman–Crippen LogP) is 3.29. The van der Waals surface area contributed by atoms with Gasteiger partial charge in [0.25, 0.3) is 0 Å². The van der Waals surface area contributed by atoms with E-state index in [-0.39, 0.29) is 31.2 Å². The Kier molecular flexibility index (Phi) is 4.43. The SMILES string of the molecule is CC(C)c1nc2c([nH]1)CC(C(=O)N1CCCC(F)(F)CC1)CC2. The molecule has 128 valence electrons. The van der Waals surface area contributed by atoms with Crippen LogP contribution in [0.2, 0.25) is 0 Å². The van der Waals surface area contributed by atoms with Gasteiger partial charge in [-0.2, -0.15) is 0 Å². The van der Waals surface area contributed by atoms with Crippen LogP contribution in [0.5, 0.6) is 0 Å². The Morgan fingerprint density at radius 3 is 2.87 bits per heavy atom. The molecule has 1 amide bonds. The first kappa shape index (κ1) is 16.4. The number of aromatic nitrogens is 2. The van der Waals surface area contributed by atoms with Crippen molar-refractivity contribution in [3.63, 3.8) is 0 Å². The van der Waals surface area contributed by atoms with Gasteiger partial charge in [-0.1, -0.05) is 13.8 Å². The molecule has 1 aromatic heterocycles. The minimum Gasteiger partial charge on any atom is -0.345 e. The summed E-state index contributed by atoms with van der Waals surface area (Å²) in [7, 11) is 0. The Hall–Kier alpha value is -1.46. The molecule has 0 bridgehead atoms. The number of amides is 1. The molecule has 0 radical (unpaired) electrons. The topological polar surface area (TPSA) is 49.0 Å². The highest BCUT2D eigenvalue weighted by Gasteiger charge is 2.36. The Labute approximate surface area is 135 Å². The minimum absolute atomic E-state index is 0.0362.